The highest BCUT2D eigenvalue weighted by Crippen LogP contribution is 2.55. The molecule has 77 heavy (non-hydrogen) atoms. The highest BCUT2D eigenvalue weighted by molar-refractivity contribution is 6.94. The van der Waals surface area contributed by atoms with Crippen LogP contribution in [0.1, 0.15) is 157 Å². The molecule has 10 aromatic rings. The Balaban J connectivity index is 1.20. The molecule has 4 heterocycles. The third kappa shape index (κ3) is 7.52. The fraction of sp³-hybridized carbons (Fsp3) is 0.333. The molecule has 0 spiro atoms. The lowest BCUT2D eigenvalue weighted by atomic mass is 9.43. The van der Waals surface area contributed by atoms with Crippen molar-refractivity contribution in [2.75, 3.05) is 9.71 Å². The van der Waals surface area contributed by atoms with Crippen molar-refractivity contribution >= 4 is 90.0 Å². The van der Waals surface area contributed by atoms with Gasteiger partial charge in [0.2, 0.25) is 0 Å². The van der Waals surface area contributed by atoms with E-state index in [0.29, 0.717) is 0 Å². The summed E-state index contributed by atoms with van der Waals surface area (Å²) in [5.41, 5.74) is 24.6. The number of nitrogens with zero attached hydrogens (tertiary/aromatic N) is 3. The van der Waals surface area contributed by atoms with Crippen LogP contribution in [0.15, 0.2) is 150 Å². The topological polar surface area (TPSA) is 24.6 Å². The first-order valence-electron chi connectivity index (χ1n) is 28.4. The average molecular weight is 1010 g/mol. The predicted octanol–water partition coefficient (Wildman–Crippen LogP) is 18.9. The average Bonchev–Trinajstić information content (AvgIpc) is 4.16. The molecule has 0 amide bonds. The van der Waals surface area contributed by atoms with Gasteiger partial charge in [0.25, 0.3) is 0 Å². The van der Waals surface area contributed by atoms with Crippen molar-refractivity contribution in [1.29, 1.82) is 0 Å². The summed E-state index contributed by atoms with van der Waals surface area (Å²) >= 11 is 0. The molecule has 5 heteroatoms. The normalized spacial score (nSPS) is 15.8. The Labute approximate surface area is 458 Å². The van der Waals surface area contributed by atoms with Gasteiger partial charge in [-0.05, 0) is 162 Å². The van der Waals surface area contributed by atoms with Gasteiger partial charge in [0.15, 0.2) is 0 Å². The van der Waals surface area contributed by atoms with Gasteiger partial charge in [-0.25, -0.2) is 0 Å². The van der Waals surface area contributed by atoms with Gasteiger partial charge in [0, 0.05) is 66.8 Å². The van der Waals surface area contributed by atoms with E-state index < -0.39 is 0 Å². The van der Waals surface area contributed by atoms with E-state index in [9.17, 15) is 0 Å². The number of benzene rings is 8. The summed E-state index contributed by atoms with van der Waals surface area (Å²) in [5, 5.41) is 4.97. The molecule has 0 unspecified atom stereocenters. The summed E-state index contributed by atoms with van der Waals surface area (Å²) in [4.78, 5) is 5.17. The second-order valence-electron chi connectivity index (χ2n) is 28.6. The standard InChI is InChI=1S/C72H76BN3O/c1-67(2,3)43-21-28-47(29-22-43)74(48-30-23-44(24-31-48)68(4,5)6)50-34-35-51-59(40-50)76(49-32-25-45(26-33-49)69(7,8)9)73-56-39-46(70(10,11)12)27-36-57(56)75-58-42-55-54(71(13,14)37-38-72(55,15)16)41-53(58)61-62-52-19-17-18-20-60(52)77-66(62)63(51)64(73)65(61)75/h17-36,39-42H,37-38H2,1-16H3. The fourth-order valence-electron chi connectivity index (χ4n) is 13.5. The summed E-state index contributed by atoms with van der Waals surface area (Å²) in [5.74, 6) is 0. The molecule has 0 N–H and O–H groups in total. The van der Waals surface area contributed by atoms with E-state index in [1.165, 1.54) is 88.3 Å². The van der Waals surface area contributed by atoms with Crippen LogP contribution in [0.3, 0.4) is 0 Å². The van der Waals surface area contributed by atoms with Crippen molar-refractivity contribution in [1.82, 2.24) is 4.57 Å². The van der Waals surface area contributed by atoms with Crippen LogP contribution in [-0.2, 0) is 32.5 Å². The lowest BCUT2D eigenvalue weighted by molar-refractivity contribution is 0.332. The van der Waals surface area contributed by atoms with Gasteiger partial charge in [-0.3, -0.25) is 0 Å². The largest absolute Gasteiger partial charge is 0.455 e. The first-order chi connectivity index (χ1) is 36.2. The van der Waals surface area contributed by atoms with Crippen LogP contribution in [0.5, 0.6) is 0 Å². The molecule has 0 radical (unpaired) electrons. The van der Waals surface area contributed by atoms with E-state index in [1.54, 1.807) is 0 Å². The van der Waals surface area contributed by atoms with Crippen LogP contribution in [0.4, 0.5) is 28.4 Å². The highest BCUT2D eigenvalue weighted by Gasteiger charge is 2.48. The van der Waals surface area contributed by atoms with E-state index in [2.05, 4.69) is 271 Å². The monoisotopic (exact) mass is 1010 g/mol. The van der Waals surface area contributed by atoms with Gasteiger partial charge in [0.05, 0.1) is 11.0 Å². The Kier molecular flexibility index (Phi) is 10.5. The van der Waals surface area contributed by atoms with Crippen molar-refractivity contribution in [3.05, 3.63) is 179 Å². The Hall–Kier alpha value is -6.98. The summed E-state index contributed by atoms with van der Waals surface area (Å²) in [6.07, 6.45) is 2.31. The Morgan fingerprint density at radius 1 is 0.494 bits per heavy atom. The molecule has 0 bridgehead atoms. The second-order valence-corrected chi connectivity index (χ2v) is 28.6. The van der Waals surface area contributed by atoms with Gasteiger partial charge in [0.1, 0.15) is 11.2 Å². The summed E-state index contributed by atoms with van der Waals surface area (Å²) in [6.45, 7) is 37.5. The number of furan rings is 1. The van der Waals surface area contributed by atoms with Gasteiger partial charge in [-0.1, -0.05) is 184 Å². The summed E-state index contributed by atoms with van der Waals surface area (Å²) in [6, 6.07) is 56.7. The first-order valence-corrected chi connectivity index (χ1v) is 28.4. The minimum absolute atomic E-state index is 0.00890. The lowest BCUT2D eigenvalue weighted by Gasteiger charge is -2.43. The van der Waals surface area contributed by atoms with Crippen LogP contribution in [-0.4, -0.2) is 11.4 Å². The molecule has 8 aromatic carbocycles. The maximum absolute atomic E-state index is 7.45. The lowest BCUT2D eigenvalue weighted by Crippen LogP contribution is -2.60. The van der Waals surface area contributed by atoms with E-state index in [0.717, 1.165) is 57.8 Å². The van der Waals surface area contributed by atoms with E-state index in [-0.39, 0.29) is 39.3 Å². The summed E-state index contributed by atoms with van der Waals surface area (Å²) < 4.78 is 10.1. The minimum Gasteiger partial charge on any atom is -0.455 e. The third-order valence-electron chi connectivity index (χ3n) is 18.3. The van der Waals surface area contributed by atoms with Crippen LogP contribution < -0.4 is 20.6 Å². The highest BCUT2D eigenvalue weighted by atomic mass is 16.3. The van der Waals surface area contributed by atoms with Crippen LogP contribution >= 0.6 is 0 Å². The van der Waals surface area contributed by atoms with E-state index in [1.807, 2.05) is 0 Å². The van der Waals surface area contributed by atoms with Crippen molar-refractivity contribution < 1.29 is 4.42 Å². The molecule has 2 aromatic heterocycles. The molecule has 0 saturated carbocycles. The Bertz CT molecular complexity index is 4000. The second kappa shape index (κ2) is 16.3. The van der Waals surface area contributed by atoms with Crippen molar-refractivity contribution in [2.24, 2.45) is 0 Å². The zero-order valence-electron chi connectivity index (χ0n) is 48.6. The number of hydrogen-bond donors (Lipinski definition) is 0. The Morgan fingerprint density at radius 3 is 1.58 bits per heavy atom. The summed E-state index contributed by atoms with van der Waals surface area (Å²) in [7, 11) is 0. The van der Waals surface area contributed by atoms with Gasteiger partial charge in [-0.2, -0.15) is 0 Å². The van der Waals surface area contributed by atoms with Gasteiger partial charge >= 0.3 is 6.85 Å². The first kappa shape index (κ1) is 49.6. The molecule has 1 aliphatic carbocycles. The molecule has 2 aliphatic heterocycles. The fourth-order valence-corrected chi connectivity index (χ4v) is 13.5. The number of aromatic nitrogens is 1. The zero-order valence-corrected chi connectivity index (χ0v) is 48.6. The molecule has 0 fully saturated rings. The van der Waals surface area contributed by atoms with Gasteiger partial charge in [-0.15, -0.1) is 0 Å². The van der Waals surface area contributed by atoms with Crippen LogP contribution in [0.25, 0.3) is 60.6 Å². The van der Waals surface area contributed by atoms with Crippen LogP contribution in [0.2, 0.25) is 0 Å². The predicted molar refractivity (Wildman–Crippen MR) is 332 cm³/mol. The quantitative estimate of drug-likeness (QED) is 0.164. The third-order valence-corrected chi connectivity index (χ3v) is 18.3. The Morgan fingerprint density at radius 2 is 1.01 bits per heavy atom. The number of hydrogen-bond acceptors (Lipinski definition) is 3. The van der Waals surface area contributed by atoms with Crippen molar-refractivity contribution in [2.45, 2.75) is 156 Å². The maximum Gasteiger partial charge on any atom is 0.333 e. The number of para-hydroxylation sites is 1. The smallest absolute Gasteiger partial charge is 0.333 e. The molecule has 13 rings (SSSR count). The number of fused-ring (bicyclic) bond motifs is 14. The molecule has 0 saturated heterocycles. The minimum atomic E-state index is -0.199. The SMILES string of the molecule is CC(C)(C)c1ccc(N2B3c4cc(C(C)(C)C)ccc4-n4c5cc6c(cc5c5c7c(oc8ccccc87)c(c3c54)-c3ccc(N(c4ccc(C(C)(C)C)cc4)c4ccc(C(C)(C)C)cc4)cc32)C(C)(C)CCC6(C)C)cc1. The number of rotatable bonds is 4. The van der Waals surface area contributed by atoms with Gasteiger partial charge < -0.3 is 18.7 Å². The van der Waals surface area contributed by atoms with Crippen LogP contribution in [0, 0.1) is 0 Å². The zero-order chi connectivity index (χ0) is 54.3. The number of anilines is 5. The van der Waals surface area contributed by atoms with Crippen molar-refractivity contribution in [3.8, 4) is 16.8 Å². The molecular formula is C72H76BN3O. The molecule has 4 nitrogen and oxygen atoms in total. The molecular weight excluding hydrogens is 934 g/mol. The molecule has 388 valence electrons. The molecule has 0 atom stereocenters. The van der Waals surface area contributed by atoms with E-state index >= 15 is 0 Å². The molecule has 3 aliphatic rings. The van der Waals surface area contributed by atoms with Crippen molar-refractivity contribution in [3.63, 3.8) is 0 Å². The van der Waals surface area contributed by atoms with E-state index in [4.69, 9.17) is 4.42 Å². The maximum atomic E-state index is 7.45.